The fourth-order valence-electron chi connectivity index (χ4n) is 1.30. The summed E-state index contributed by atoms with van der Waals surface area (Å²) in [6.45, 7) is 0.798. The predicted octanol–water partition coefficient (Wildman–Crippen LogP) is -1.96. The number of rotatable bonds is 3. The van der Waals surface area contributed by atoms with Crippen LogP contribution in [0, 0.1) is 12.3 Å². The lowest BCUT2D eigenvalue weighted by atomic mass is 10.3. The molecule has 0 spiro atoms. The number of hydrogen-bond donors (Lipinski definition) is 1. The number of nitrogens with one attached hydrogen (secondary N) is 1. The van der Waals surface area contributed by atoms with Crippen LogP contribution in [0.5, 0.6) is 0 Å². The Morgan fingerprint density at radius 2 is 2.12 bits per heavy atom. The summed E-state index contributed by atoms with van der Waals surface area (Å²) >= 11 is 0. The summed E-state index contributed by atoms with van der Waals surface area (Å²) in [4.78, 5) is 36.6. The molecule has 6 nitrogen and oxygen atoms in total. The Balaban J connectivity index is 2.50. The number of piperazine rings is 1. The van der Waals surface area contributed by atoms with Crippen LogP contribution in [0.2, 0.25) is 0 Å². The second kappa shape index (κ2) is 5.16. The average Bonchev–Trinajstić information content (AvgIpc) is 2.27. The topological polar surface area (TPSA) is 69.7 Å². The van der Waals surface area contributed by atoms with Crippen molar-refractivity contribution < 1.29 is 14.4 Å². The van der Waals surface area contributed by atoms with Crippen molar-refractivity contribution in [1.29, 1.82) is 0 Å². The van der Waals surface area contributed by atoms with Crippen LogP contribution in [0.1, 0.15) is 0 Å². The van der Waals surface area contributed by atoms with Gasteiger partial charge in [0.05, 0.1) is 6.54 Å². The summed E-state index contributed by atoms with van der Waals surface area (Å²) in [7, 11) is 1.55. The minimum atomic E-state index is -0.649. The Bertz CT molecular complexity index is 359. The molecule has 0 aliphatic carbocycles. The largest absolute Gasteiger partial charge is 0.344 e. The number of terminal acetylenes is 1. The van der Waals surface area contributed by atoms with Crippen LogP contribution in [-0.2, 0) is 14.4 Å². The van der Waals surface area contributed by atoms with Gasteiger partial charge in [-0.15, -0.1) is 6.42 Å². The van der Waals surface area contributed by atoms with Crippen LogP contribution in [0.4, 0.5) is 0 Å². The molecular weight excluding hydrogens is 210 g/mol. The van der Waals surface area contributed by atoms with Gasteiger partial charge in [0, 0.05) is 20.1 Å². The Morgan fingerprint density at radius 3 is 2.75 bits per heavy atom. The summed E-state index contributed by atoms with van der Waals surface area (Å²) in [6.07, 6.45) is 4.97. The van der Waals surface area contributed by atoms with E-state index in [2.05, 4.69) is 11.2 Å². The van der Waals surface area contributed by atoms with E-state index in [4.69, 9.17) is 6.42 Å². The van der Waals surface area contributed by atoms with Gasteiger partial charge >= 0.3 is 11.8 Å². The minimum Gasteiger partial charge on any atom is -0.344 e. The van der Waals surface area contributed by atoms with E-state index >= 15 is 0 Å². The highest BCUT2D eigenvalue weighted by atomic mass is 16.2. The quantitative estimate of drug-likeness (QED) is 0.446. The van der Waals surface area contributed by atoms with Crippen molar-refractivity contribution in [1.82, 2.24) is 15.1 Å². The molecule has 0 radical (unpaired) electrons. The minimum absolute atomic E-state index is 0.120. The lowest BCUT2D eigenvalue weighted by molar-refractivity contribution is -0.155. The first-order valence-corrected chi connectivity index (χ1v) is 4.80. The first-order valence-electron chi connectivity index (χ1n) is 4.80. The van der Waals surface area contributed by atoms with Crippen molar-refractivity contribution in [2.45, 2.75) is 0 Å². The molecule has 1 fully saturated rings. The summed E-state index contributed by atoms with van der Waals surface area (Å²) in [6, 6.07) is 0. The predicted molar refractivity (Wildman–Crippen MR) is 56.1 cm³/mol. The van der Waals surface area contributed by atoms with Crippen molar-refractivity contribution in [3.05, 3.63) is 0 Å². The van der Waals surface area contributed by atoms with E-state index in [9.17, 15) is 14.4 Å². The molecule has 1 heterocycles. The molecule has 0 bridgehead atoms. The van der Waals surface area contributed by atoms with Gasteiger partial charge in [-0.2, -0.15) is 0 Å². The summed E-state index contributed by atoms with van der Waals surface area (Å²) in [5, 5.41) is 2.43. The first kappa shape index (κ1) is 12.0. The Hall–Kier alpha value is -2.03. The van der Waals surface area contributed by atoms with E-state index in [1.54, 1.807) is 7.05 Å². The number of likely N-dealkylation sites (N-methyl/N-ethyl adjacent to an activating group) is 1. The number of carbonyl (C=O) groups is 3. The van der Waals surface area contributed by atoms with Crippen molar-refractivity contribution in [3.8, 4) is 12.3 Å². The molecule has 1 rings (SSSR count). The number of nitrogens with zero attached hydrogens (tertiary/aromatic N) is 2. The molecule has 0 aromatic heterocycles. The molecule has 86 valence electrons. The molecule has 0 aromatic carbocycles. The van der Waals surface area contributed by atoms with Crippen LogP contribution in [-0.4, -0.2) is 60.7 Å². The highest BCUT2D eigenvalue weighted by Gasteiger charge is 2.31. The van der Waals surface area contributed by atoms with Gasteiger partial charge < -0.3 is 15.1 Å². The van der Waals surface area contributed by atoms with Crippen LogP contribution in [0.15, 0.2) is 0 Å². The Labute approximate surface area is 93.6 Å². The number of amides is 3. The zero-order valence-corrected chi connectivity index (χ0v) is 9.02. The van der Waals surface area contributed by atoms with Crippen molar-refractivity contribution in [2.75, 3.05) is 33.2 Å². The zero-order chi connectivity index (χ0) is 12.1. The maximum atomic E-state index is 11.5. The molecule has 6 heteroatoms. The smallest absolute Gasteiger partial charge is 0.312 e. The van der Waals surface area contributed by atoms with Gasteiger partial charge in [0.25, 0.3) is 0 Å². The maximum absolute atomic E-state index is 11.5. The van der Waals surface area contributed by atoms with Crippen molar-refractivity contribution >= 4 is 17.7 Å². The zero-order valence-electron chi connectivity index (χ0n) is 9.02. The fourth-order valence-corrected chi connectivity index (χ4v) is 1.30. The first-order chi connectivity index (χ1) is 7.56. The molecule has 0 aromatic rings. The van der Waals surface area contributed by atoms with Gasteiger partial charge in [-0.25, -0.2) is 0 Å². The normalized spacial score (nSPS) is 16.0. The molecule has 3 amide bonds. The standard InChI is InChI=1S/C10H13N3O3/c1-3-4-11-8(14)7-13-6-5-12(2)9(15)10(13)16/h1H,4-7H2,2H3,(H,11,14). The van der Waals surface area contributed by atoms with Gasteiger partial charge in [-0.3, -0.25) is 14.4 Å². The van der Waals surface area contributed by atoms with Crippen LogP contribution in [0.25, 0.3) is 0 Å². The monoisotopic (exact) mass is 223 g/mol. The van der Waals surface area contributed by atoms with Crippen LogP contribution in [0.3, 0.4) is 0 Å². The molecule has 1 aliphatic rings. The van der Waals surface area contributed by atoms with Crippen molar-refractivity contribution in [2.24, 2.45) is 0 Å². The Morgan fingerprint density at radius 1 is 1.44 bits per heavy atom. The summed E-state index contributed by atoms with van der Waals surface area (Å²) in [5.41, 5.74) is 0. The number of carbonyl (C=O) groups excluding carboxylic acids is 3. The summed E-state index contributed by atoms with van der Waals surface area (Å²) in [5.74, 6) is 0.659. The van der Waals surface area contributed by atoms with E-state index in [1.165, 1.54) is 9.80 Å². The summed E-state index contributed by atoms with van der Waals surface area (Å²) < 4.78 is 0. The molecular formula is C10H13N3O3. The van der Waals surface area contributed by atoms with Gasteiger partial charge in [0.2, 0.25) is 5.91 Å². The molecule has 0 saturated carbocycles. The van der Waals surface area contributed by atoms with Crippen molar-refractivity contribution in [3.63, 3.8) is 0 Å². The molecule has 1 N–H and O–H groups in total. The third-order valence-electron chi connectivity index (χ3n) is 2.24. The second-order valence-corrected chi connectivity index (χ2v) is 3.43. The highest BCUT2D eigenvalue weighted by Crippen LogP contribution is 2.01. The molecule has 16 heavy (non-hydrogen) atoms. The van der Waals surface area contributed by atoms with Gasteiger partial charge in [0.1, 0.15) is 6.54 Å². The SMILES string of the molecule is C#CCNC(=O)CN1CCN(C)C(=O)C1=O. The molecule has 0 unspecified atom stereocenters. The lowest BCUT2D eigenvalue weighted by Gasteiger charge is -2.30. The Kier molecular flexibility index (Phi) is 3.89. The van der Waals surface area contributed by atoms with Gasteiger partial charge in [-0.05, 0) is 0 Å². The molecule has 1 saturated heterocycles. The van der Waals surface area contributed by atoms with Crippen LogP contribution < -0.4 is 5.32 Å². The second-order valence-electron chi connectivity index (χ2n) is 3.43. The van der Waals surface area contributed by atoms with Crippen LogP contribution >= 0.6 is 0 Å². The van der Waals surface area contributed by atoms with E-state index in [1.807, 2.05) is 0 Å². The van der Waals surface area contributed by atoms with E-state index in [0.29, 0.717) is 13.1 Å². The van der Waals surface area contributed by atoms with Gasteiger partial charge in [-0.1, -0.05) is 5.92 Å². The molecule has 1 aliphatic heterocycles. The van der Waals surface area contributed by atoms with E-state index in [0.717, 1.165) is 0 Å². The fraction of sp³-hybridized carbons (Fsp3) is 0.500. The van der Waals surface area contributed by atoms with E-state index < -0.39 is 11.8 Å². The average molecular weight is 223 g/mol. The van der Waals surface area contributed by atoms with E-state index in [-0.39, 0.29) is 19.0 Å². The third-order valence-corrected chi connectivity index (χ3v) is 2.24. The lowest BCUT2D eigenvalue weighted by Crippen LogP contribution is -2.55. The van der Waals surface area contributed by atoms with Gasteiger partial charge in [0.15, 0.2) is 0 Å². The highest BCUT2D eigenvalue weighted by molar-refractivity contribution is 6.35. The number of hydrogen-bond acceptors (Lipinski definition) is 3. The third kappa shape index (κ3) is 2.73. The maximum Gasteiger partial charge on any atom is 0.312 e. The molecule has 0 atom stereocenters.